The summed E-state index contributed by atoms with van der Waals surface area (Å²) in [5, 5.41) is 14.5. The normalized spacial score (nSPS) is 10.7. The first-order valence-electron chi connectivity index (χ1n) is 7.20. The first kappa shape index (κ1) is 16.1. The lowest BCUT2D eigenvalue weighted by molar-refractivity contribution is -0.385. The van der Waals surface area contributed by atoms with Crippen LogP contribution in [0.25, 0.3) is 10.1 Å². The average Bonchev–Trinajstić information content (AvgIpc) is 2.95. The lowest BCUT2D eigenvalue weighted by Crippen LogP contribution is -2.24. The fourth-order valence-corrected chi connectivity index (χ4v) is 3.40. The highest BCUT2D eigenvalue weighted by molar-refractivity contribution is 7.19. The zero-order valence-electron chi connectivity index (χ0n) is 12.5. The molecule has 0 aliphatic carbocycles. The maximum Gasteiger partial charge on any atom is 0.273 e. The van der Waals surface area contributed by atoms with E-state index in [4.69, 9.17) is 0 Å². The summed E-state index contributed by atoms with van der Waals surface area (Å²) in [6, 6.07) is 12.6. The predicted octanol–water partition coefficient (Wildman–Crippen LogP) is 3.81. The van der Waals surface area contributed by atoms with Crippen molar-refractivity contribution in [3.63, 3.8) is 0 Å². The van der Waals surface area contributed by atoms with Crippen LogP contribution < -0.4 is 5.32 Å². The summed E-state index contributed by atoms with van der Waals surface area (Å²) in [4.78, 5) is 23.4. The van der Waals surface area contributed by atoms with Crippen LogP contribution in [0, 0.1) is 15.9 Å². The molecule has 1 heterocycles. The molecule has 5 nitrogen and oxygen atoms in total. The summed E-state index contributed by atoms with van der Waals surface area (Å²) in [7, 11) is 0. The predicted molar refractivity (Wildman–Crippen MR) is 90.4 cm³/mol. The Hall–Kier alpha value is -2.80. The number of rotatable bonds is 5. The number of carbonyl (C=O) groups excluding carboxylic acids is 1. The average molecular weight is 344 g/mol. The number of nitrogens with one attached hydrogen (secondary N) is 1. The summed E-state index contributed by atoms with van der Waals surface area (Å²) < 4.78 is 14.1. The van der Waals surface area contributed by atoms with E-state index in [0.29, 0.717) is 12.1 Å². The van der Waals surface area contributed by atoms with Crippen molar-refractivity contribution in [2.75, 3.05) is 0 Å². The lowest BCUT2D eigenvalue weighted by Gasteiger charge is -2.04. The van der Waals surface area contributed by atoms with Crippen LogP contribution in [0.15, 0.2) is 48.5 Å². The summed E-state index contributed by atoms with van der Waals surface area (Å²) in [5.74, 6) is -0.597. The van der Waals surface area contributed by atoms with Crippen LogP contribution in [0.1, 0.15) is 10.4 Å². The molecule has 0 spiro atoms. The highest BCUT2D eigenvalue weighted by Crippen LogP contribution is 2.26. The molecule has 122 valence electrons. The quantitative estimate of drug-likeness (QED) is 0.565. The van der Waals surface area contributed by atoms with Gasteiger partial charge in [0.2, 0.25) is 5.91 Å². The molecule has 24 heavy (non-hydrogen) atoms. The number of thiophene rings is 1. The molecule has 1 N–H and O–H groups in total. The maximum atomic E-state index is 13.2. The van der Waals surface area contributed by atoms with Gasteiger partial charge in [0.15, 0.2) is 0 Å². The molecule has 0 saturated heterocycles. The summed E-state index contributed by atoms with van der Waals surface area (Å²) in [5.41, 5.74) is 0.309. The van der Waals surface area contributed by atoms with Gasteiger partial charge >= 0.3 is 0 Å². The first-order chi connectivity index (χ1) is 11.5. The molecule has 0 atom stereocenters. The molecule has 1 amide bonds. The number of nitro groups is 1. The van der Waals surface area contributed by atoms with Crippen LogP contribution in [0.5, 0.6) is 0 Å². The monoisotopic (exact) mass is 344 g/mol. The molecular weight excluding hydrogens is 331 g/mol. The van der Waals surface area contributed by atoms with E-state index in [-0.39, 0.29) is 23.8 Å². The molecule has 3 rings (SSSR count). The van der Waals surface area contributed by atoms with E-state index in [0.717, 1.165) is 15.0 Å². The number of hydrogen-bond donors (Lipinski definition) is 1. The van der Waals surface area contributed by atoms with E-state index in [9.17, 15) is 19.3 Å². The Morgan fingerprint density at radius 2 is 2.00 bits per heavy atom. The third-order valence-corrected chi connectivity index (χ3v) is 4.64. The van der Waals surface area contributed by atoms with Crippen LogP contribution in [0.3, 0.4) is 0 Å². The van der Waals surface area contributed by atoms with Gasteiger partial charge in [0, 0.05) is 21.2 Å². The van der Waals surface area contributed by atoms with Gasteiger partial charge in [-0.05, 0) is 29.7 Å². The van der Waals surface area contributed by atoms with Gasteiger partial charge in [-0.2, -0.15) is 0 Å². The Balaban J connectivity index is 1.66. The Labute approximate surface area is 140 Å². The van der Waals surface area contributed by atoms with Crippen molar-refractivity contribution in [3.05, 3.63) is 74.9 Å². The van der Waals surface area contributed by atoms with E-state index in [1.165, 1.54) is 29.5 Å². The van der Waals surface area contributed by atoms with Crippen molar-refractivity contribution in [1.29, 1.82) is 0 Å². The number of nitro benzene ring substituents is 1. The molecule has 0 saturated carbocycles. The van der Waals surface area contributed by atoms with Gasteiger partial charge < -0.3 is 5.32 Å². The molecule has 0 unspecified atom stereocenters. The minimum atomic E-state index is -0.497. The van der Waals surface area contributed by atoms with Crippen molar-refractivity contribution in [1.82, 2.24) is 5.32 Å². The zero-order valence-corrected chi connectivity index (χ0v) is 13.3. The smallest absolute Gasteiger partial charge is 0.273 e. The number of amides is 1. The van der Waals surface area contributed by atoms with E-state index < -0.39 is 4.92 Å². The number of carbonyl (C=O) groups is 1. The van der Waals surface area contributed by atoms with Crippen molar-refractivity contribution in [3.8, 4) is 0 Å². The zero-order chi connectivity index (χ0) is 17.1. The molecule has 3 aromatic rings. The Morgan fingerprint density at radius 1 is 1.21 bits per heavy atom. The fourth-order valence-electron chi connectivity index (χ4n) is 2.42. The minimum absolute atomic E-state index is 0.0589. The van der Waals surface area contributed by atoms with E-state index in [1.54, 1.807) is 24.3 Å². The van der Waals surface area contributed by atoms with Gasteiger partial charge in [-0.3, -0.25) is 14.9 Å². The molecular formula is C17H13FN2O3S. The SMILES string of the molecule is O=C(Cc1ccccc1[N+](=O)[O-])NCc1cc2cc(F)ccc2s1. The molecule has 0 aliphatic heterocycles. The van der Waals surface area contributed by atoms with Gasteiger partial charge in [-0.15, -0.1) is 11.3 Å². The summed E-state index contributed by atoms with van der Waals surface area (Å²) in [6.07, 6.45) is -0.0589. The second-order valence-corrected chi connectivity index (χ2v) is 6.40. The molecule has 0 bridgehead atoms. The number of hydrogen-bond acceptors (Lipinski definition) is 4. The number of nitrogens with zero attached hydrogens (tertiary/aromatic N) is 1. The Kier molecular flexibility index (Phi) is 4.52. The van der Waals surface area contributed by atoms with E-state index in [2.05, 4.69) is 5.32 Å². The van der Waals surface area contributed by atoms with Gasteiger partial charge in [-0.1, -0.05) is 18.2 Å². The van der Waals surface area contributed by atoms with Crippen LogP contribution in [0.2, 0.25) is 0 Å². The van der Waals surface area contributed by atoms with Crippen molar-refractivity contribution < 1.29 is 14.1 Å². The van der Waals surface area contributed by atoms with Gasteiger partial charge in [0.25, 0.3) is 5.69 Å². The first-order valence-corrected chi connectivity index (χ1v) is 8.01. The second-order valence-electron chi connectivity index (χ2n) is 5.23. The van der Waals surface area contributed by atoms with Crippen LogP contribution >= 0.6 is 11.3 Å². The van der Waals surface area contributed by atoms with Gasteiger partial charge in [0.05, 0.1) is 17.9 Å². The van der Waals surface area contributed by atoms with Crippen LogP contribution in [-0.4, -0.2) is 10.8 Å². The maximum absolute atomic E-state index is 13.2. The van der Waals surface area contributed by atoms with Crippen molar-refractivity contribution in [2.45, 2.75) is 13.0 Å². The Bertz CT molecular complexity index is 923. The molecule has 2 aromatic carbocycles. The lowest BCUT2D eigenvalue weighted by atomic mass is 10.1. The third-order valence-electron chi connectivity index (χ3n) is 3.53. The van der Waals surface area contributed by atoms with Gasteiger partial charge in [0.1, 0.15) is 5.82 Å². The number of benzene rings is 2. The highest BCUT2D eigenvalue weighted by Gasteiger charge is 2.15. The minimum Gasteiger partial charge on any atom is -0.351 e. The second kappa shape index (κ2) is 6.76. The number of halogens is 1. The highest BCUT2D eigenvalue weighted by atomic mass is 32.1. The van der Waals surface area contributed by atoms with E-state index in [1.807, 2.05) is 6.07 Å². The number of para-hydroxylation sites is 1. The van der Waals surface area contributed by atoms with E-state index >= 15 is 0 Å². The molecule has 7 heteroatoms. The van der Waals surface area contributed by atoms with Gasteiger partial charge in [-0.25, -0.2) is 4.39 Å². The van der Waals surface area contributed by atoms with Crippen LogP contribution in [0.4, 0.5) is 10.1 Å². The molecule has 0 aliphatic rings. The Morgan fingerprint density at radius 3 is 2.79 bits per heavy atom. The molecule has 0 radical (unpaired) electrons. The standard InChI is InChI=1S/C17H13FN2O3S/c18-13-5-6-16-12(7-13)8-14(24-16)10-19-17(21)9-11-3-1-2-4-15(11)20(22)23/h1-8H,9-10H2,(H,19,21). The van der Waals surface area contributed by atoms with Crippen molar-refractivity contribution >= 4 is 33.0 Å². The number of fused-ring (bicyclic) bond motifs is 1. The summed E-state index contributed by atoms with van der Waals surface area (Å²) >= 11 is 1.47. The van der Waals surface area contributed by atoms with Crippen LogP contribution in [-0.2, 0) is 17.8 Å². The largest absolute Gasteiger partial charge is 0.351 e. The third kappa shape index (κ3) is 3.57. The fraction of sp³-hybridized carbons (Fsp3) is 0.118. The summed E-state index contributed by atoms with van der Waals surface area (Å²) in [6.45, 7) is 0.306. The van der Waals surface area contributed by atoms with Crippen molar-refractivity contribution in [2.24, 2.45) is 0 Å². The molecule has 0 fully saturated rings. The topological polar surface area (TPSA) is 72.2 Å². The molecule has 1 aromatic heterocycles.